The minimum absolute atomic E-state index is 0.147. The van der Waals surface area contributed by atoms with E-state index in [9.17, 15) is 4.79 Å². The summed E-state index contributed by atoms with van der Waals surface area (Å²) in [5.74, 6) is 2.89. The summed E-state index contributed by atoms with van der Waals surface area (Å²) in [5.41, 5.74) is 3.35. The maximum atomic E-state index is 13.7. The summed E-state index contributed by atoms with van der Waals surface area (Å²) in [7, 11) is 0. The number of nitrogens with zero attached hydrogens (tertiary/aromatic N) is 3. The number of amides is 1. The zero-order chi connectivity index (χ0) is 23.4. The Balaban J connectivity index is 1.21. The molecule has 1 heterocycles. The topological polar surface area (TPSA) is 95.6 Å². The van der Waals surface area contributed by atoms with Gasteiger partial charge in [0, 0.05) is 16.7 Å². The maximum absolute atomic E-state index is 13.7. The predicted octanol–water partition coefficient (Wildman–Crippen LogP) is 5.65. The highest BCUT2D eigenvalue weighted by Crippen LogP contribution is 2.56. The lowest BCUT2D eigenvalue weighted by atomic mass is 9.53. The average Bonchev–Trinajstić information content (AvgIpc) is 3.39. The fourth-order valence-electron chi connectivity index (χ4n) is 7.35. The number of H-pyrrole nitrogens is 1. The third-order valence-electron chi connectivity index (χ3n) is 8.32. The highest BCUT2D eigenvalue weighted by molar-refractivity contribution is 6.14. The number of nitrogens with one attached hydrogen (secondary N) is 3. The van der Waals surface area contributed by atoms with Gasteiger partial charge in [0.2, 0.25) is 5.82 Å². The first-order valence-corrected chi connectivity index (χ1v) is 12.6. The molecular weight excluding hydrogens is 436 g/mol. The first kappa shape index (κ1) is 20.6. The SMILES string of the molecule is O=C(Nc1ccccc1NC12CC3CC(CC(C3)C1)C2)c1cc(-c2nn[nH]n2)cc2ccccc12. The second-order valence-electron chi connectivity index (χ2n) is 10.8. The monoisotopic (exact) mass is 464 g/mol. The van der Waals surface area contributed by atoms with Crippen molar-refractivity contribution in [2.45, 2.75) is 44.1 Å². The second kappa shape index (κ2) is 7.90. The van der Waals surface area contributed by atoms with E-state index in [1.54, 1.807) is 0 Å². The number of carbonyl (C=O) groups excluding carboxylic acids is 1. The molecule has 1 aromatic heterocycles. The number of anilines is 2. The van der Waals surface area contributed by atoms with Gasteiger partial charge in [-0.05, 0) is 96.5 Å². The van der Waals surface area contributed by atoms with Gasteiger partial charge in [0.05, 0.1) is 11.4 Å². The molecule has 4 fully saturated rings. The van der Waals surface area contributed by atoms with E-state index >= 15 is 0 Å². The van der Waals surface area contributed by atoms with Crippen LogP contribution in [0.1, 0.15) is 48.9 Å². The molecule has 0 saturated heterocycles. The minimum Gasteiger partial charge on any atom is -0.378 e. The van der Waals surface area contributed by atoms with E-state index in [1.165, 1.54) is 38.5 Å². The number of rotatable bonds is 5. The Morgan fingerprint density at radius 3 is 2.29 bits per heavy atom. The Morgan fingerprint density at radius 1 is 0.886 bits per heavy atom. The Kier molecular flexibility index (Phi) is 4.65. The number of carbonyl (C=O) groups is 1. The van der Waals surface area contributed by atoms with Gasteiger partial charge >= 0.3 is 0 Å². The molecule has 3 N–H and O–H groups in total. The van der Waals surface area contributed by atoms with E-state index in [-0.39, 0.29) is 11.4 Å². The molecule has 0 spiro atoms. The smallest absolute Gasteiger partial charge is 0.256 e. The lowest BCUT2D eigenvalue weighted by Gasteiger charge is -2.57. The fraction of sp³-hybridized carbons (Fsp3) is 0.357. The Bertz CT molecular complexity index is 1380. The van der Waals surface area contributed by atoms with E-state index in [2.05, 4.69) is 37.3 Å². The van der Waals surface area contributed by atoms with Crippen molar-refractivity contribution in [2.75, 3.05) is 10.6 Å². The van der Waals surface area contributed by atoms with Crippen LogP contribution in [0.15, 0.2) is 60.7 Å². The van der Waals surface area contributed by atoms with Crippen LogP contribution in [0, 0.1) is 17.8 Å². The number of hydrogen-bond donors (Lipinski definition) is 3. The number of hydrogen-bond acceptors (Lipinski definition) is 5. The van der Waals surface area contributed by atoms with E-state index in [1.807, 2.05) is 54.6 Å². The van der Waals surface area contributed by atoms with Crippen LogP contribution < -0.4 is 10.6 Å². The highest BCUT2D eigenvalue weighted by Gasteiger charge is 2.51. The summed E-state index contributed by atoms with van der Waals surface area (Å²) in [5, 5.41) is 23.4. The number of benzene rings is 3. The van der Waals surface area contributed by atoms with Crippen LogP contribution >= 0.6 is 0 Å². The number of para-hydroxylation sites is 2. The molecule has 8 rings (SSSR count). The van der Waals surface area contributed by atoms with E-state index in [0.29, 0.717) is 11.4 Å². The standard InChI is InChI=1S/C28H28N6O/c35-27(23-13-21(26-31-33-34-32-26)12-20-5-1-2-6-22(20)23)29-24-7-3-4-8-25(24)30-28-14-17-9-18(15-28)11-19(10-17)16-28/h1-8,12-13,17-19,30H,9-11,14-16H2,(H,29,35)(H,31,32,33,34). The molecule has 176 valence electrons. The molecule has 4 aliphatic rings. The van der Waals surface area contributed by atoms with Crippen LogP contribution in [0.3, 0.4) is 0 Å². The highest BCUT2D eigenvalue weighted by atomic mass is 16.1. The minimum atomic E-state index is -0.147. The fourth-order valence-corrected chi connectivity index (χ4v) is 7.35. The van der Waals surface area contributed by atoms with E-state index < -0.39 is 0 Å². The molecule has 4 aliphatic carbocycles. The lowest BCUT2D eigenvalue weighted by molar-refractivity contribution is 0.0107. The van der Waals surface area contributed by atoms with Crippen LogP contribution in [0.5, 0.6) is 0 Å². The molecule has 3 aromatic carbocycles. The molecule has 0 aliphatic heterocycles. The first-order chi connectivity index (χ1) is 17.1. The molecule has 7 nitrogen and oxygen atoms in total. The first-order valence-electron chi connectivity index (χ1n) is 12.6. The van der Waals surface area contributed by atoms with Crippen LogP contribution in [0.2, 0.25) is 0 Å². The molecule has 4 bridgehead atoms. The number of aromatic nitrogens is 4. The third-order valence-corrected chi connectivity index (χ3v) is 8.32. The molecule has 1 amide bonds. The normalized spacial score (nSPS) is 26.7. The molecule has 0 unspecified atom stereocenters. The van der Waals surface area contributed by atoms with Crippen molar-refractivity contribution in [3.8, 4) is 11.4 Å². The van der Waals surface area contributed by atoms with Crippen molar-refractivity contribution in [3.05, 3.63) is 66.2 Å². The molecule has 0 atom stereocenters. The zero-order valence-electron chi connectivity index (χ0n) is 19.5. The Morgan fingerprint density at radius 2 is 1.57 bits per heavy atom. The van der Waals surface area contributed by atoms with Crippen LogP contribution in [-0.4, -0.2) is 32.1 Å². The summed E-state index contributed by atoms with van der Waals surface area (Å²) < 4.78 is 0. The van der Waals surface area contributed by atoms with Crippen molar-refractivity contribution < 1.29 is 4.79 Å². The van der Waals surface area contributed by atoms with Gasteiger partial charge in [0.15, 0.2) is 0 Å². The van der Waals surface area contributed by atoms with Gasteiger partial charge in [-0.3, -0.25) is 4.79 Å². The van der Waals surface area contributed by atoms with Crippen molar-refractivity contribution in [1.82, 2.24) is 20.6 Å². The summed E-state index contributed by atoms with van der Waals surface area (Å²) in [4.78, 5) is 13.7. The summed E-state index contributed by atoms with van der Waals surface area (Å²) in [6, 6.07) is 19.8. The largest absolute Gasteiger partial charge is 0.378 e. The van der Waals surface area contributed by atoms with Crippen molar-refractivity contribution in [3.63, 3.8) is 0 Å². The van der Waals surface area contributed by atoms with Gasteiger partial charge in [-0.2, -0.15) is 5.21 Å². The zero-order valence-corrected chi connectivity index (χ0v) is 19.5. The van der Waals surface area contributed by atoms with Gasteiger partial charge in [-0.1, -0.05) is 36.4 Å². The maximum Gasteiger partial charge on any atom is 0.256 e. The van der Waals surface area contributed by atoms with Crippen LogP contribution in [0.25, 0.3) is 22.2 Å². The van der Waals surface area contributed by atoms with Gasteiger partial charge in [-0.25, -0.2) is 0 Å². The van der Waals surface area contributed by atoms with Gasteiger partial charge in [0.1, 0.15) is 0 Å². The van der Waals surface area contributed by atoms with Gasteiger partial charge < -0.3 is 10.6 Å². The van der Waals surface area contributed by atoms with Gasteiger partial charge in [-0.15, -0.1) is 10.2 Å². The average molecular weight is 465 g/mol. The quantitative estimate of drug-likeness (QED) is 0.355. The number of tetrazole rings is 1. The Hall–Kier alpha value is -3.74. The molecule has 4 aromatic rings. The molecular formula is C28H28N6O. The van der Waals surface area contributed by atoms with E-state index in [4.69, 9.17) is 0 Å². The van der Waals surface area contributed by atoms with Crippen LogP contribution in [0.4, 0.5) is 11.4 Å². The second-order valence-corrected chi connectivity index (χ2v) is 10.8. The molecule has 35 heavy (non-hydrogen) atoms. The third kappa shape index (κ3) is 3.66. The Labute approximate surface area is 203 Å². The van der Waals surface area contributed by atoms with Crippen molar-refractivity contribution in [1.29, 1.82) is 0 Å². The van der Waals surface area contributed by atoms with Crippen molar-refractivity contribution >= 4 is 28.1 Å². The summed E-state index contributed by atoms with van der Waals surface area (Å²) >= 11 is 0. The van der Waals surface area contributed by atoms with E-state index in [0.717, 1.165) is 45.5 Å². The molecule has 0 radical (unpaired) electrons. The van der Waals surface area contributed by atoms with Crippen molar-refractivity contribution in [2.24, 2.45) is 17.8 Å². The summed E-state index contributed by atoms with van der Waals surface area (Å²) in [6.07, 6.45) is 7.96. The predicted molar refractivity (Wildman–Crippen MR) is 136 cm³/mol. The summed E-state index contributed by atoms with van der Waals surface area (Å²) in [6.45, 7) is 0. The lowest BCUT2D eigenvalue weighted by Crippen LogP contribution is -2.54. The number of aromatic amines is 1. The van der Waals surface area contributed by atoms with Crippen LogP contribution in [-0.2, 0) is 0 Å². The molecule has 7 heteroatoms. The number of fused-ring (bicyclic) bond motifs is 1. The van der Waals surface area contributed by atoms with Gasteiger partial charge in [0.25, 0.3) is 5.91 Å². The molecule has 4 saturated carbocycles.